The Balaban J connectivity index is 1.40. The maximum absolute atomic E-state index is 14.2. The Kier molecular flexibility index (Phi) is 8.83. The lowest BCUT2D eigenvalue weighted by Gasteiger charge is -2.31. The number of hydrogen-bond acceptors (Lipinski definition) is 8. The minimum atomic E-state index is -1.05. The van der Waals surface area contributed by atoms with E-state index in [0.29, 0.717) is 27.7 Å². The fourth-order valence-electron chi connectivity index (χ4n) is 4.45. The number of carbonyl (C=O) groups is 4. The molecular weight excluding hydrogens is 574 g/mol. The van der Waals surface area contributed by atoms with Gasteiger partial charge in [0.05, 0.1) is 11.6 Å². The Bertz CT molecular complexity index is 1420. The molecule has 2 aliphatic rings. The number of nitrogens with one attached hydrogen (secondary N) is 2. The van der Waals surface area contributed by atoms with Crippen molar-refractivity contribution in [2.75, 3.05) is 16.5 Å². The van der Waals surface area contributed by atoms with E-state index in [1.807, 2.05) is 6.07 Å². The van der Waals surface area contributed by atoms with Gasteiger partial charge < -0.3 is 20.3 Å². The van der Waals surface area contributed by atoms with Gasteiger partial charge in [0.15, 0.2) is 5.13 Å². The second-order valence-corrected chi connectivity index (χ2v) is 13.0. The maximum Gasteiger partial charge on any atom is 0.408 e. The zero-order valence-corrected chi connectivity index (χ0v) is 25.2. The molecule has 1 aliphatic heterocycles. The van der Waals surface area contributed by atoms with Crippen LogP contribution in [0.3, 0.4) is 0 Å². The van der Waals surface area contributed by atoms with Crippen LogP contribution in [0, 0.1) is 0 Å². The van der Waals surface area contributed by atoms with Gasteiger partial charge in [-0.3, -0.25) is 19.3 Å². The van der Waals surface area contributed by atoms with Crippen molar-refractivity contribution in [1.82, 2.24) is 20.5 Å². The molecule has 2 N–H and O–H groups in total. The lowest BCUT2D eigenvalue weighted by atomic mass is 10.0. The lowest BCUT2D eigenvalue weighted by Crippen LogP contribution is -2.51. The predicted octanol–water partition coefficient (Wildman–Crippen LogP) is 4.87. The van der Waals surface area contributed by atoms with E-state index < -0.39 is 29.7 Å². The van der Waals surface area contributed by atoms with Crippen LogP contribution < -0.4 is 15.5 Å². The Morgan fingerprint density at radius 2 is 1.76 bits per heavy atom. The number of rotatable bonds is 8. The second kappa shape index (κ2) is 12.5. The quantitative estimate of drug-likeness (QED) is 0.375. The van der Waals surface area contributed by atoms with Gasteiger partial charge in [-0.15, -0.1) is 23.1 Å². The molecule has 2 heterocycles. The summed E-state index contributed by atoms with van der Waals surface area (Å²) < 4.78 is 5.44. The molecule has 2 unspecified atom stereocenters. The standard InChI is InChI=1S/C30H33N5O5S2/c1-30(2,3)40-29(39)33-24(19-7-5-4-6-8-19)27(38)34-18-41-17-23(34)26(37)35(28-31-15-16-42-28)22-13-9-20(10-14-22)25(36)32-21-11-12-21/h4-10,13-16,21,23-24H,11-12,17-18H2,1-3H3,(H,32,36)(H,33,39). The monoisotopic (exact) mass is 607 g/mol. The zero-order chi connectivity index (χ0) is 29.9. The molecule has 0 bridgehead atoms. The van der Waals surface area contributed by atoms with Crippen LogP contribution in [0.1, 0.15) is 55.6 Å². The number of alkyl carbamates (subject to hydrolysis) is 1. The van der Waals surface area contributed by atoms with Crippen molar-refractivity contribution in [3.05, 3.63) is 77.3 Å². The first-order chi connectivity index (χ1) is 20.1. The van der Waals surface area contributed by atoms with E-state index >= 15 is 0 Å². The highest BCUT2D eigenvalue weighted by Crippen LogP contribution is 2.33. The molecule has 1 aromatic heterocycles. The molecule has 2 atom stereocenters. The molecule has 1 saturated heterocycles. The first kappa shape index (κ1) is 29.6. The van der Waals surface area contributed by atoms with Gasteiger partial charge in [0.1, 0.15) is 17.7 Å². The van der Waals surface area contributed by atoms with E-state index in [0.717, 1.165) is 12.8 Å². The summed E-state index contributed by atoms with van der Waals surface area (Å²) in [7, 11) is 0. The third kappa shape index (κ3) is 7.11. The fraction of sp³-hybridized carbons (Fsp3) is 0.367. The Hall–Kier alpha value is -3.90. The van der Waals surface area contributed by atoms with E-state index in [-0.39, 0.29) is 23.7 Å². The van der Waals surface area contributed by atoms with Crippen LogP contribution in [0.25, 0.3) is 0 Å². The SMILES string of the molecule is CC(C)(C)OC(=O)NC(C(=O)N1CSCC1C(=O)N(c1ccc(C(=O)NC2CC2)cc1)c1nccs1)c1ccccc1. The van der Waals surface area contributed by atoms with Gasteiger partial charge >= 0.3 is 6.09 Å². The van der Waals surface area contributed by atoms with Gasteiger partial charge in [-0.05, 0) is 63.4 Å². The van der Waals surface area contributed by atoms with Gasteiger partial charge in [0, 0.05) is 28.9 Å². The smallest absolute Gasteiger partial charge is 0.408 e. The second-order valence-electron chi connectivity index (χ2n) is 11.1. The van der Waals surface area contributed by atoms with Gasteiger partial charge in [0.25, 0.3) is 17.7 Å². The number of hydrogen-bond donors (Lipinski definition) is 2. The third-order valence-corrected chi connectivity index (χ3v) is 8.39. The molecule has 10 nitrogen and oxygen atoms in total. The summed E-state index contributed by atoms with van der Waals surface area (Å²) >= 11 is 2.76. The minimum absolute atomic E-state index is 0.149. The van der Waals surface area contributed by atoms with Crippen LogP contribution >= 0.6 is 23.1 Å². The number of thioether (sulfide) groups is 1. The number of carbonyl (C=O) groups excluding carboxylic acids is 4. The van der Waals surface area contributed by atoms with Crippen molar-refractivity contribution in [3.63, 3.8) is 0 Å². The molecule has 0 spiro atoms. The highest BCUT2D eigenvalue weighted by atomic mass is 32.2. The van der Waals surface area contributed by atoms with Crippen molar-refractivity contribution in [3.8, 4) is 0 Å². The topological polar surface area (TPSA) is 121 Å². The Morgan fingerprint density at radius 1 is 1.05 bits per heavy atom. The van der Waals surface area contributed by atoms with E-state index in [4.69, 9.17) is 4.74 Å². The average molecular weight is 608 g/mol. The van der Waals surface area contributed by atoms with Gasteiger partial charge in [-0.25, -0.2) is 9.78 Å². The molecule has 12 heteroatoms. The largest absolute Gasteiger partial charge is 0.444 e. The molecular formula is C30H33N5O5S2. The van der Waals surface area contributed by atoms with Crippen molar-refractivity contribution in [2.24, 2.45) is 0 Å². The molecule has 220 valence electrons. The number of benzene rings is 2. The molecule has 4 amide bonds. The Labute approximate surface area is 252 Å². The molecule has 1 saturated carbocycles. The van der Waals surface area contributed by atoms with Crippen LogP contribution in [0.2, 0.25) is 0 Å². The average Bonchev–Trinajstić information content (AvgIpc) is 3.39. The highest BCUT2D eigenvalue weighted by molar-refractivity contribution is 7.99. The number of nitrogens with zero attached hydrogens (tertiary/aromatic N) is 3. The van der Waals surface area contributed by atoms with Crippen LogP contribution in [0.5, 0.6) is 0 Å². The summed E-state index contributed by atoms with van der Waals surface area (Å²) in [5.74, 6) is -0.239. The van der Waals surface area contributed by atoms with Crippen LogP contribution in [-0.2, 0) is 14.3 Å². The highest BCUT2D eigenvalue weighted by Gasteiger charge is 2.42. The molecule has 2 fully saturated rings. The molecule has 0 radical (unpaired) electrons. The van der Waals surface area contributed by atoms with Crippen LogP contribution in [0.15, 0.2) is 66.2 Å². The molecule has 5 rings (SSSR count). The van der Waals surface area contributed by atoms with Gasteiger partial charge in [-0.2, -0.15) is 0 Å². The molecule has 42 heavy (non-hydrogen) atoms. The van der Waals surface area contributed by atoms with Gasteiger partial charge in [-0.1, -0.05) is 30.3 Å². The summed E-state index contributed by atoms with van der Waals surface area (Å²) in [5, 5.41) is 7.90. The summed E-state index contributed by atoms with van der Waals surface area (Å²) in [5.41, 5.74) is 0.866. The third-order valence-electron chi connectivity index (χ3n) is 6.62. The molecule has 2 aromatic carbocycles. The lowest BCUT2D eigenvalue weighted by molar-refractivity contribution is -0.138. The van der Waals surface area contributed by atoms with E-state index in [9.17, 15) is 19.2 Å². The van der Waals surface area contributed by atoms with Crippen molar-refractivity contribution in [1.29, 1.82) is 0 Å². The maximum atomic E-state index is 14.2. The summed E-state index contributed by atoms with van der Waals surface area (Å²) in [4.78, 5) is 60.9. The summed E-state index contributed by atoms with van der Waals surface area (Å²) in [6.45, 7) is 5.24. The van der Waals surface area contributed by atoms with Crippen LogP contribution in [0.4, 0.5) is 15.6 Å². The first-order valence-electron chi connectivity index (χ1n) is 13.7. The first-order valence-corrected chi connectivity index (χ1v) is 15.7. The number of ether oxygens (including phenoxy) is 1. The number of anilines is 2. The van der Waals surface area contributed by atoms with E-state index in [1.54, 1.807) is 80.9 Å². The molecule has 1 aliphatic carbocycles. The Morgan fingerprint density at radius 3 is 2.38 bits per heavy atom. The van der Waals surface area contributed by atoms with Crippen molar-refractivity contribution >= 4 is 57.7 Å². The number of aromatic nitrogens is 1. The fourth-order valence-corrected chi connectivity index (χ4v) is 6.28. The number of amides is 4. The van der Waals surface area contributed by atoms with E-state index in [1.165, 1.54) is 32.9 Å². The normalized spacial score (nSPS) is 17.3. The van der Waals surface area contributed by atoms with E-state index in [2.05, 4.69) is 15.6 Å². The molecule has 3 aromatic rings. The van der Waals surface area contributed by atoms with Crippen molar-refractivity contribution in [2.45, 2.75) is 57.3 Å². The number of thiazole rings is 1. The van der Waals surface area contributed by atoms with Gasteiger partial charge in [0.2, 0.25) is 0 Å². The zero-order valence-electron chi connectivity index (χ0n) is 23.6. The van der Waals surface area contributed by atoms with Crippen LogP contribution in [-0.4, -0.2) is 63.0 Å². The summed E-state index contributed by atoms with van der Waals surface area (Å²) in [6, 6.07) is 14.1. The summed E-state index contributed by atoms with van der Waals surface area (Å²) in [6.07, 6.45) is 2.86. The predicted molar refractivity (Wildman–Crippen MR) is 163 cm³/mol. The minimum Gasteiger partial charge on any atom is -0.444 e. The van der Waals surface area contributed by atoms with Crippen molar-refractivity contribution < 1.29 is 23.9 Å².